The first kappa shape index (κ1) is 19.3. The Labute approximate surface area is 117 Å². The van der Waals surface area contributed by atoms with Gasteiger partial charge < -0.3 is 16.0 Å². The molecule has 104 valence electrons. The van der Waals surface area contributed by atoms with Gasteiger partial charge in [0.15, 0.2) is 0 Å². The molecule has 0 spiro atoms. The van der Waals surface area contributed by atoms with E-state index in [-0.39, 0.29) is 30.7 Å². The van der Waals surface area contributed by atoms with E-state index in [1.807, 2.05) is 0 Å². The van der Waals surface area contributed by atoms with Crippen LogP contribution in [0.5, 0.6) is 0 Å². The van der Waals surface area contributed by atoms with Crippen molar-refractivity contribution in [3.63, 3.8) is 0 Å². The molecule has 0 saturated carbocycles. The molecule has 6 heteroatoms. The van der Waals surface area contributed by atoms with Crippen LogP contribution in [-0.2, 0) is 4.79 Å². The van der Waals surface area contributed by atoms with E-state index in [1.165, 1.54) is 13.0 Å². The van der Waals surface area contributed by atoms with Crippen LogP contribution in [0.1, 0.15) is 33.1 Å². The minimum atomic E-state index is -0.390. The van der Waals surface area contributed by atoms with Crippen molar-refractivity contribution in [2.45, 2.75) is 45.2 Å². The summed E-state index contributed by atoms with van der Waals surface area (Å²) < 4.78 is 0. The second kappa shape index (κ2) is 9.95. The van der Waals surface area contributed by atoms with Crippen LogP contribution >= 0.6 is 24.8 Å². The molecule has 0 aromatic carbocycles. The molecule has 1 rings (SSSR count). The minimum absolute atomic E-state index is 0. The zero-order chi connectivity index (χ0) is 11.3. The lowest BCUT2D eigenvalue weighted by Crippen LogP contribution is -2.48. The first-order chi connectivity index (χ1) is 7.13. The molecule has 17 heavy (non-hydrogen) atoms. The molecular formula is C11H25Cl2N3O. The molecule has 4 nitrogen and oxygen atoms in total. The summed E-state index contributed by atoms with van der Waals surface area (Å²) in [5.41, 5.74) is 5.51. The Kier molecular flexibility index (Phi) is 11.3. The maximum absolute atomic E-state index is 11.4. The van der Waals surface area contributed by atoms with Crippen LogP contribution in [0, 0.1) is 0 Å². The highest BCUT2D eigenvalue weighted by Gasteiger charge is 2.20. The van der Waals surface area contributed by atoms with Gasteiger partial charge in [0, 0.05) is 19.1 Å². The Morgan fingerprint density at radius 3 is 2.35 bits per heavy atom. The number of carbonyl (C=O) groups is 1. The number of rotatable bonds is 4. The molecule has 1 aliphatic rings. The van der Waals surface area contributed by atoms with Crippen molar-refractivity contribution in [1.82, 2.24) is 10.2 Å². The molecule has 0 aliphatic carbocycles. The van der Waals surface area contributed by atoms with Gasteiger partial charge in [0.25, 0.3) is 0 Å². The quantitative estimate of drug-likeness (QED) is 0.815. The molecule has 0 aromatic rings. The van der Waals surface area contributed by atoms with Gasteiger partial charge in [-0.25, -0.2) is 0 Å². The lowest BCUT2D eigenvalue weighted by Gasteiger charge is -2.32. The van der Waals surface area contributed by atoms with Crippen molar-refractivity contribution in [3.05, 3.63) is 0 Å². The molecule has 1 aliphatic heterocycles. The fourth-order valence-electron chi connectivity index (χ4n) is 1.95. The number of amides is 1. The number of nitrogens with two attached hydrogens (primary N) is 1. The van der Waals surface area contributed by atoms with Crippen LogP contribution in [0.15, 0.2) is 0 Å². The van der Waals surface area contributed by atoms with Crippen molar-refractivity contribution < 1.29 is 4.79 Å². The van der Waals surface area contributed by atoms with Gasteiger partial charge in [0.05, 0.1) is 6.04 Å². The van der Waals surface area contributed by atoms with Crippen molar-refractivity contribution in [1.29, 1.82) is 0 Å². The fraction of sp³-hybridized carbons (Fsp3) is 0.909. The molecular weight excluding hydrogens is 261 g/mol. The molecule has 1 atom stereocenters. The van der Waals surface area contributed by atoms with Gasteiger partial charge in [-0.2, -0.15) is 0 Å². The third-order valence-electron chi connectivity index (χ3n) is 2.89. The molecule has 1 heterocycles. The van der Waals surface area contributed by atoms with Crippen molar-refractivity contribution in [3.8, 4) is 0 Å². The number of piperidine rings is 1. The molecule has 0 bridgehead atoms. The van der Waals surface area contributed by atoms with E-state index in [4.69, 9.17) is 5.73 Å². The van der Waals surface area contributed by atoms with Gasteiger partial charge >= 0.3 is 0 Å². The van der Waals surface area contributed by atoms with E-state index in [9.17, 15) is 4.79 Å². The smallest absolute Gasteiger partial charge is 0.236 e. The zero-order valence-corrected chi connectivity index (χ0v) is 12.3. The highest BCUT2D eigenvalue weighted by molar-refractivity contribution is 5.85. The summed E-state index contributed by atoms with van der Waals surface area (Å²) in [7, 11) is 0. The Bertz CT molecular complexity index is 207. The molecule has 1 fully saturated rings. The summed E-state index contributed by atoms with van der Waals surface area (Å²) in [4.78, 5) is 13.8. The number of nitrogens with zero attached hydrogens (tertiary/aromatic N) is 1. The summed E-state index contributed by atoms with van der Waals surface area (Å²) in [5.74, 6) is -0.0241. The van der Waals surface area contributed by atoms with E-state index >= 15 is 0 Å². The largest absolute Gasteiger partial charge is 0.352 e. The predicted octanol–water partition coefficient (Wildman–Crippen LogP) is 1.17. The molecule has 0 unspecified atom stereocenters. The van der Waals surface area contributed by atoms with Gasteiger partial charge in [-0.15, -0.1) is 24.8 Å². The van der Waals surface area contributed by atoms with Gasteiger partial charge in [-0.1, -0.05) is 6.92 Å². The molecule has 1 saturated heterocycles. The van der Waals surface area contributed by atoms with Crippen LogP contribution in [0.4, 0.5) is 0 Å². The minimum Gasteiger partial charge on any atom is -0.352 e. The van der Waals surface area contributed by atoms with Gasteiger partial charge in [0.2, 0.25) is 5.91 Å². The van der Waals surface area contributed by atoms with Gasteiger partial charge in [-0.3, -0.25) is 4.79 Å². The third-order valence-corrected chi connectivity index (χ3v) is 2.89. The maximum atomic E-state index is 11.4. The Balaban J connectivity index is 0. The number of nitrogens with one attached hydrogen (secondary N) is 1. The average molecular weight is 286 g/mol. The van der Waals surface area contributed by atoms with Gasteiger partial charge in [-0.05, 0) is 32.7 Å². The first-order valence-corrected chi connectivity index (χ1v) is 5.91. The second-order valence-electron chi connectivity index (χ2n) is 4.41. The highest BCUT2D eigenvalue weighted by Crippen LogP contribution is 2.10. The normalized spacial score (nSPS) is 18.8. The summed E-state index contributed by atoms with van der Waals surface area (Å²) >= 11 is 0. The molecule has 3 N–H and O–H groups in total. The Hall–Kier alpha value is -0.0300. The van der Waals surface area contributed by atoms with Crippen molar-refractivity contribution >= 4 is 30.7 Å². The van der Waals surface area contributed by atoms with Crippen molar-refractivity contribution in [2.24, 2.45) is 5.73 Å². The SMILES string of the molecule is CCCN1CCC(NC(=O)[C@H](C)N)CC1.Cl.Cl. The standard InChI is InChI=1S/C11H23N3O.2ClH/c1-3-6-14-7-4-10(5-8-14)13-11(15)9(2)12;;/h9-10H,3-8,12H2,1-2H3,(H,13,15);2*1H/t9-;;/m0../s1. The average Bonchev–Trinajstić information content (AvgIpc) is 2.21. The monoisotopic (exact) mass is 285 g/mol. The van der Waals surface area contributed by atoms with Gasteiger partial charge in [0.1, 0.15) is 0 Å². The number of hydrogen-bond donors (Lipinski definition) is 2. The number of carbonyl (C=O) groups excluding carboxylic acids is 1. The van der Waals surface area contributed by atoms with E-state index in [0.717, 1.165) is 25.9 Å². The highest BCUT2D eigenvalue weighted by atomic mass is 35.5. The predicted molar refractivity (Wildman–Crippen MR) is 76.0 cm³/mol. The summed E-state index contributed by atoms with van der Waals surface area (Å²) in [6.07, 6.45) is 3.31. The Morgan fingerprint density at radius 1 is 1.41 bits per heavy atom. The van der Waals surface area contributed by atoms with E-state index < -0.39 is 6.04 Å². The van der Waals surface area contributed by atoms with E-state index in [1.54, 1.807) is 6.92 Å². The molecule has 0 radical (unpaired) electrons. The lowest BCUT2D eigenvalue weighted by atomic mass is 10.0. The number of halogens is 2. The van der Waals surface area contributed by atoms with E-state index in [2.05, 4.69) is 17.1 Å². The van der Waals surface area contributed by atoms with Crippen LogP contribution in [0.25, 0.3) is 0 Å². The van der Waals surface area contributed by atoms with Crippen LogP contribution in [-0.4, -0.2) is 42.5 Å². The summed E-state index contributed by atoms with van der Waals surface area (Å²) in [6, 6.07) is -0.0599. The van der Waals surface area contributed by atoms with E-state index in [0.29, 0.717) is 6.04 Å². The lowest BCUT2D eigenvalue weighted by molar-refractivity contribution is -0.123. The topological polar surface area (TPSA) is 58.4 Å². The fourth-order valence-corrected chi connectivity index (χ4v) is 1.95. The maximum Gasteiger partial charge on any atom is 0.236 e. The number of likely N-dealkylation sites (tertiary alicyclic amines) is 1. The number of hydrogen-bond acceptors (Lipinski definition) is 3. The van der Waals surface area contributed by atoms with Crippen LogP contribution in [0.2, 0.25) is 0 Å². The first-order valence-electron chi connectivity index (χ1n) is 5.91. The second-order valence-corrected chi connectivity index (χ2v) is 4.41. The molecule has 0 aromatic heterocycles. The molecule has 1 amide bonds. The zero-order valence-electron chi connectivity index (χ0n) is 10.6. The van der Waals surface area contributed by atoms with Crippen LogP contribution in [0.3, 0.4) is 0 Å². The van der Waals surface area contributed by atoms with Crippen LogP contribution < -0.4 is 11.1 Å². The summed E-state index contributed by atoms with van der Waals surface area (Å²) in [5, 5.41) is 2.99. The van der Waals surface area contributed by atoms with Crippen molar-refractivity contribution in [2.75, 3.05) is 19.6 Å². The summed E-state index contributed by atoms with van der Waals surface area (Å²) in [6.45, 7) is 7.29. The Morgan fingerprint density at radius 2 is 1.94 bits per heavy atom. The third kappa shape index (κ3) is 7.09.